The summed E-state index contributed by atoms with van der Waals surface area (Å²) in [4.78, 5) is 7.96. The SMILES string of the molecule is CNc1ncc(Cl)c(Nc2ccc(F)c(F)c2)n1. The van der Waals surface area contributed by atoms with Gasteiger partial charge in [0.25, 0.3) is 0 Å². The van der Waals surface area contributed by atoms with Crippen LogP contribution in [0.3, 0.4) is 0 Å². The molecule has 1 aromatic carbocycles. The van der Waals surface area contributed by atoms with E-state index in [9.17, 15) is 8.78 Å². The summed E-state index contributed by atoms with van der Waals surface area (Å²) in [5.74, 6) is -1.18. The molecule has 0 saturated carbocycles. The fraction of sp³-hybridized carbons (Fsp3) is 0.0909. The predicted octanol–water partition coefficient (Wildman–Crippen LogP) is 3.19. The minimum atomic E-state index is -0.945. The lowest BCUT2D eigenvalue weighted by Crippen LogP contribution is -2.01. The number of aromatic nitrogens is 2. The Balaban J connectivity index is 2.30. The first-order valence-corrected chi connectivity index (χ1v) is 5.40. The van der Waals surface area contributed by atoms with Gasteiger partial charge in [-0.25, -0.2) is 13.8 Å². The molecule has 2 N–H and O–H groups in total. The number of rotatable bonds is 3. The van der Waals surface area contributed by atoms with Gasteiger partial charge in [0.1, 0.15) is 5.02 Å². The smallest absolute Gasteiger partial charge is 0.224 e. The maximum absolute atomic E-state index is 13.0. The first kappa shape index (κ1) is 12.5. The molecule has 0 amide bonds. The molecular weight excluding hydrogens is 262 g/mol. The quantitative estimate of drug-likeness (QED) is 0.899. The maximum atomic E-state index is 13.0. The lowest BCUT2D eigenvalue weighted by atomic mass is 10.3. The van der Waals surface area contributed by atoms with E-state index in [0.717, 1.165) is 12.1 Å². The number of nitrogens with zero attached hydrogens (tertiary/aromatic N) is 2. The summed E-state index contributed by atoms with van der Waals surface area (Å²) in [6, 6.07) is 3.43. The molecule has 1 heterocycles. The highest BCUT2D eigenvalue weighted by molar-refractivity contribution is 6.32. The molecule has 0 atom stereocenters. The third-order valence-corrected chi connectivity index (χ3v) is 2.43. The summed E-state index contributed by atoms with van der Waals surface area (Å²) in [5, 5.41) is 5.81. The zero-order valence-electron chi connectivity index (χ0n) is 9.34. The Morgan fingerprint density at radius 3 is 2.67 bits per heavy atom. The third kappa shape index (κ3) is 2.65. The van der Waals surface area contributed by atoms with Crippen molar-refractivity contribution in [1.82, 2.24) is 9.97 Å². The molecule has 18 heavy (non-hydrogen) atoms. The number of hydrogen-bond acceptors (Lipinski definition) is 4. The predicted molar refractivity (Wildman–Crippen MR) is 66.2 cm³/mol. The number of benzene rings is 1. The number of nitrogens with one attached hydrogen (secondary N) is 2. The molecule has 2 aromatic rings. The van der Waals surface area contributed by atoms with Crippen molar-refractivity contribution in [3.05, 3.63) is 41.1 Å². The van der Waals surface area contributed by atoms with Gasteiger partial charge in [-0.1, -0.05) is 11.6 Å². The van der Waals surface area contributed by atoms with Gasteiger partial charge in [-0.15, -0.1) is 0 Å². The lowest BCUT2D eigenvalue weighted by molar-refractivity contribution is 0.509. The van der Waals surface area contributed by atoms with Crippen LogP contribution in [-0.2, 0) is 0 Å². The molecule has 94 valence electrons. The number of hydrogen-bond donors (Lipinski definition) is 2. The monoisotopic (exact) mass is 270 g/mol. The molecule has 7 heteroatoms. The molecule has 0 spiro atoms. The van der Waals surface area contributed by atoms with Crippen molar-refractivity contribution in [3.63, 3.8) is 0 Å². The van der Waals surface area contributed by atoms with Crippen molar-refractivity contribution in [2.24, 2.45) is 0 Å². The van der Waals surface area contributed by atoms with Crippen molar-refractivity contribution in [3.8, 4) is 0 Å². The van der Waals surface area contributed by atoms with E-state index in [1.54, 1.807) is 7.05 Å². The summed E-state index contributed by atoms with van der Waals surface area (Å²) in [7, 11) is 1.66. The summed E-state index contributed by atoms with van der Waals surface area (Å²) in [6.07, 6.45) is 1.41. The molecule has 0 unspecified atom stereocenters. The van der Waals surface area contributed by atoms with Crippen LogP contribution in [0, 0.1) is 11.6 Å². The van der Waals surface area contributed by atoms with Gasteiger partial charge in [0.2, 0.25) is 5.95 Å². The third-order valence-electron chi connectivity index (χ3n) is 2.15. The molecule has 0 aliphatic carbocycles. The second-order valence-electron chi connectivity index (χ2n) is 3.39. The first-order valence-electron chi connectivity index (χ1n) is 5.02. The standard InChI is InChI=1S/C11H9ClF2N4/c1-15-11-16-5-7(12)10(18-11)17-6-2-3-8(13)9(14)4-6/h2-5H,1H3,(H2,15,16,17,18). The second-order valence-corrected chi connectivity index (χ2v) is 3.80. The Morgan fingerprint density at radius 2 is 2.00 bits per heavy atom. The molecule has 0 bridgehead atoms. The molecule has 0 aliphatic heterocycles. The van der Waals surface area contributed by atoms with Gasteiger partial charge < -0.3 is 10.6 Å². The van der Waals surface area contributed by atoms with Crippen LogP contribution in [0.1, 0.15) is 0 Å². The Labute approximate surface area is 107 Å². The summed E-state index contributed by atoms with van der Waals surface area (Å²) < 4.78 is 25.8. The highest BCUT2D eigenvalue weighted by Crippen LogP contribution is 2.24. The fourth-order valence-corrected chi connectivity index (χ4v) is 1.42. The molecule has 0 radical (unpaired) electrons. The summed E-state index contributed by atoms with van der Waals surface area (Å²) in [5.41, 5.74) is 0.344. The normalized spacial score (nSPS) is 10.2. The van der Waals surface area contributed by atoms with E-state index in [0.29, 0.717) is 17.5 Å². The minimum absolute atomic E-state index is 0.277. The Bertz CT molecular complexity index is 577. The zero-order chi connectivity index (χ0) is 13.1. The second kappa shape index (κ2) is 5.14. The summed E-state index contributed by atoms with van der Waals surface area (Å²) in [6.45, 7) is 0. The molecule has 0 fully saturated rings. The van der Waals surface area contributed by atoms with Gasteiger partial charge in [0, 0.05) is 18.8 Å². The van der Waals surface area contributed by atoms with Gasteiger partial charge in [0.05, 0.1) is 6.20 Å². The Morgan fingerprint density at radius 1 is 1.22 bits per heavy atom. The van der Waals surface area contributed by atoms with Crippen molar-refractivity contribution in [2.45, 2.75) is 0 Å². The van der Waals surface area contributed by atoms with E-state index in [2.05, 4.69) is 20.6 Å². The average Bonchev–Trinajstić information content (AvgIpc) is 2.36. The Kier molecular flexibility index (Phi) is 3.57. The van der Waals surface area contributed by atoms with Gasteiger partial charge in [0.15, 0.2) is 17.5 Å². The molecule has 4 nitrogen and oxygen atoms in total. The largest absolute Gasteiger partial charge is 0.357 e. The van der Waals surface area contributed by atoms with E-state index >= 15 is 0 Å². The van der Waals surface area contributed by atoms with Crippen LogP contribution >= 0.6 is 11.6 Å². The van der Waals surface area contributed by atoms with Crippen molar-refractivity contribution in [2.75, 3.05) is 17.7 Å². The van der Waals surface area contributed by atoms with Gasteiger partial charge in [-0.2, -0.15) is 4.98 Å². The summed E-state index contributed by atoms with van der Waals surface area (Å²) >= 11 is 5.89. The van der Waals surface area contributed by atoms with Crippen molar-refractivity contribution >= 4 is 29.1 Å². The molecule has 2 rings (SSSR count). The fourth-order valence-electron chi connectivity index (χ4n) is 1.29. The van der Waals surface area contributed by atoms with Crippen LogP contribution in [0.4, 0.5) is 26.2 Å². The van der Waals surface area contributed by atoms with E-state index < -0.39 is 11.6 Å². The molecular formula is C11H9ClF2N4. The van der Waals surface area contributed by atoms with Crippen LogP contribution in [0.25, 0.3) is 0 Å². The van der Waals surface area contributed by atoms with Crippen LogP contribution < -0.4 is 10.6 Å². The van der Waals surface area contributed by atoms with Crippen LogP contribution in [0.5, 0.6) is 0 Å². The molecule has 0 saturated heterocycles. The van der Waals surface area contributed by atoms with Gasteiger partial charge in [-0.3, -0.25) is 0 Å². The average molecular weight is 271 g/mol. The van der Waals surface area contributed by atoms with E-state index in [4.69, 9.17) is 11.6 Å². The molecule has 0 aliphatic rings. The van der Waals surface area contributed by atoms with Crippen molar-refractivity contribution in [1.29, 1.82) is 0 Å². The Hall–Kier alpha value is -1.95. The highest BCUT2D eigenvalue weighted by Gasteiger charge is 2.07. The van der Waals surface area contributed by atoms with Crippen molar-refractivity contribution < 1.29 is 8.78 Å². The zero-order valence-corrected chi connectivity index (χ0v) is 10.1. The highest BCUT2D eigenvalue weighted by atomic mass is 35.5. The number of anilines is 3. The van der Waals surface area contributed by atoms with Crippen LogP contribution in [0.2, 0.25) is 5.02 Å². The van der Waals surface area contributed by atoms with E-state index in [1.807, 2.05) is 0 Å². The van der Waals surface area contributed by atoms with Gasteiger partial charge in [-0.05, 0) is 12.1 Å². The van der Waals surface area contributed by atoms with Crippen LogP contribution in [0.15, 0.2) is 24.4 Å². The minimum Gasteiger partial charge on any atom is -0.357 e. The van der Waals surface area contributed by atoms with Crippen LogP contribution in [-0.4, -0.2) is 17.0 Å². The number of halogens is 3. The first-order chi connectivity index (χ1) is 8.60. The molecule has 1 aromatic heterocycles. The maximum Gasteiger partial charge on any atom is 0.224 e. The van der Waals surface area contributed by atoms with E-state index in [1.165, 1.54) is 12.3 Å². The lowest BCUT2D eigenvalue weighted by Gasteiger charge is -2.08. The van der Waals surface area contributed by atoms with Gasteiger partial charge >= 0.3 is 0 Å². The van der Waals surface area contributed by atoms with E-state index in [-0.39, 0.29) is 5.02 Å². The topological polar surface area (TPSA) is 49.8 Å².